The van der Waals surface area contributed by atoms with Gasteiger partial charge in [-0.2, -0.15) is 0 Å². The molecule has 1 aliphatic heterocycles. The van der Waals surface area contributed by atoms with E-state index in [-0.39, 0.29) is 23.9 Å². The highest BCUT2D eigenvalue weighted by Crippen LogP contribution is 2.18. The number of nitrogens with zero attached hydrogens (tertiary/aromatic N) is 1. The number of hydrogen-bond acceptors (Lipinski definition) is 2. The van der Waals surface area contributed by atoms with E-state index in [1.54, 1.807) is 4.90 Å². The van der Waals surface area contributed by atoms with E-state index in [0.717, 1.165) is 5.56 Å². The second kappa shape index (κ2) is 5.87. The van der Waals surface area contributed by atoms with Gasteiger partial charge in [-0.05, 0) is 18.4 Å². The monoisotopic (exact) mass is 260 g/mol. The van der Waals surface area contributed by atoms with Gasteiger partial charge in [-0.25, -0.2) is 0 Å². The molecule has 1 aromatic carbocycles. The Labute approximate surface area is 113 Å². The molecular weight excluding hydrogens is 240 g/mol. The zero-order valence-corrected chi connectivity index (χ0v) is 11.4. The minimum atomic E-state index is -0.376. The van der Waals surface area contributed by atoms with E-state index in [0.29, 0.717) is 19.4 Å². The van der Waals surface area contributed by atoms with Crippen molar-refractivity contribution in [1.82, 2.24) is 10.2 Å². The number of hydrogen-bond donors (Lipinski definition) is 1. The molecule has 4 heteroatoms. The Kier molecular flexibility index (Phi) is 4.20. The maximum atomic E-state index is 12.4. The number of nitrogens with one attached hydrogen (secondary N) is 1. The van der Waals surface area contributed by atoms with Crippen molar-refractivity contribution in [3.63, 3.8) is 0 Å². The number of piperazine rings is 1. The minimum absolute atomic E-state index is 0.0257. The summed E-state index contributed by atoms with van der Waals surface area (Å²) in [5.74, 6) is -0.0114. The quantitative estimate of drug-likeness (QED) is 0.896. The Morgan fingerprint density at radius 3 is 2.37 bits per heavy atom. The van der Waals surface area contributed by atoms with Crippen molar-refractivity contribution in [2.75, 3.05) is 0 Å². The molecule has 1 N–H and O–H groups in total. The molecule has 0 aromatic heterocycles. The van der Waals surface area contributed by atoms with Crippen LogP contribution in [-0.2, 0) is 16.1 Å². The van der Waals surface area contributed by atoms with Gasteiger partial charge in [-0.3, -0.25) is 9.59 Å². The fourth-order valence-electron chi connectivity index (χ4n) is 2.48. The molecule has 0 aliphatic carbocycles. The maximum absolute atomic E-state index is 12.4. The van der Waals surface area contributed by atoms with Crippen LogP contribution in [0.3, 0.4) is 0 Å². The smallest absolute Gasteiger partial charge is 0.246 e. The van der Waals surface area contributed by atoms with Crippen molar-refractivity contribution in [3.8, 4) is 0 Å². The molecule has 19 heavy (non-hydrogen) atoms. The summed E-state index contributed by atoms with van der Waals surface area (Å²) in [5, 5.41) is 2.80. The lowest BCUT2D eigenvalue weighted by Crippen LogP contribution is -2.62. The van der Waals surface area contributed by atoms with Gasteiger partial charge in [-0.15, -0.1) is 0 Å². The predicted molar refractivity (Wildman–Crippen MR) is 73.3 cm³/mol. The fraction of sp³-hybridized carbons (Fsp3) is 0.467. The standard InChI is InChI=1S/C15H20N2O2/c1-3-12-15(19)17(13(4-2)14(18)16-12)10-11-8-6-5-7-9-11/h5-9,12-13H,3-4,10H2,1-2H3,(H,16,18)/t12-,13?/m0/s1. The molecule has 0 radical (unpaired) electrons. The summed E-state index contributed by atoms with van der Waals surface area (Å²) in [6.07, 6.45) is 1.27. The van der Waals surface area contributed by atoms with Crippen molar-refractivity contribution in [2.45, 2.75) is 45.3 Å². The first-order valence-electron chi connectivity index (χ1n) is 6.82. The van der Waals surface area contributed by atoms with Crippen LogP contribution in [0.5, 0.6) is 0 Å². The first-order chi connectivity index (χ1) is 9.17. The summed E-state index contributed by atoms with van der Waals surface area (Å²) in [5.41, 5.74) is 1.05. The largest absolute Gasteiger partial charge is 0.343 e. The Hall–Kier alpha value is -1.84. The summed E-state index contributed by atoms with van der Waals surface area (Å²) in [6, 6.07) is 9.07. The number of carbonyl (C=O) groups excluding carboxylic acids is 2. The van der Waals surface area contributed by atoms with Crippen LogP contribution in [0, 0.1) is 0 Å². The Balaban J connectivity index is 2.22. The van der Waals surface area contributed by atoms with Crippen molar-refractivity contribution in [2.24, 2.45) is 0 Å². The zero-order chi connectivity index (χ0) is 13.8. The minimum Gasteiger partial charge on any atom is -0.343 e. The van der Waals surface area contributed by atoms with Crippen molar-refractivity contribution < 1.29 is 9.59 Å². The average Bonchev–Trinajstić information content (AvgIpc) is 2.44. The van der Waals surface area contributed by atoms with Crippen LogP contribution in [0.1, 0.15) is 32.3 Å². The Morgan fingerprint density at radius 2 is 1.79 bits per heavy atom. The van der Waals surface area contributed by atoms with Gasteiger partial charge in [0.25, 0.3) is 0 Å². The Bertz CT molecular complexity index is 458. The first-order valence-corrected chi connectivity index (χ1v) is 6.82. The van der Waals surface area contributed by atoms with Crippen LogP contribution in [0.2, 0.25) is 0 Å². The molecule has 1 unspecified atom stereocenters. The molecule has 1 fully saturated rings. The third kappa shape index (κ3) is 2.78. The molecule has 1 heterocycles. The van der Waals surface area contributed by atoms with Crippen molar-refractivity contribution >= 4 is 11.8 Å². The summed E-state index contributed by atoms with van der Waals surface area (Å²) >= 11 is 0. The topological polar surface area (TPSA) is 49.4 Å². The van der Waals surface area contributed by atoms with Gasteiger partial charge < -0.3 is 10.2 Å². The van der Waals surface area contributed by atoms with Crippen LogP contribution in [-0.4, -0.2) is 28.8 Å². The van der Waals surface area contributed by atoms with Gasteiger partial charge in [0.1, 0.15) is 12.1 Å². The van der Waals surface area contributed by atoms with Crippen LogP contribution in [0.25, 0.3) is 0 Å². The SMILES string of the molecule is CCC1C(=O)N[C@@H](CC)C(=O)N1Cc1ccccc1. The molecule has 1 saturated heterocycles. The van der Waals surface area contributed by atoms with E-state index < -0.39 is 0 Å². The third-order valence-electron chi connectivity index (χ3n) is 3.57. The fourth-order valence-corrected chi connectivity index (χ4v) is 2.48. The molecule has 102 valence electrons. The second-order valence-corrected chi connectivity index (χ2v) is 4.85. The molecular formula is C15H20N2O2. The Morgan fingerprint density at radius 1 is 1.11 bits per heavy atom. The zero-order valence-electron chi connectivity index (χ0n) is 11.4. The lowest BCUT2D eigenvalue weighted by molar-refractivity contribution is -0.150. The molecule has 2 rings (SSSR count). The van der Waals surface area contributed by atoms with Crippen LogP contribution >= 0.6 is 0 Å². The van der Waals surface area contributed by atoms with Crippen LogP contribution < -0.4 is 5.32 Å². The molecule has 2 amide bonds. The summed E-state index contributed by atoms with van der Waals surface area (Å²) in [6.45, 7) is 4.35. The number of rotatable bonds is 4. The summed E-state index contributed by atoms with van der Waals surface area (Å²) < 4.78 is 0. The highest BCUT2D eigenvalue weighted by molar-refractivity contribution is 5.96. The van der Waals surface area contributed by atoms with Gasteiger partial charge in [0.05, 0.1) is 0 Å². The molecule has 0 spiro atoms. The van der Waals surface area contributed by atoms with E-state index in [9.17, 15) is 9.59 Å². The van der Waals surface area contributed by atoms with E-state index in [2.05, 4.69) is 5.32 Å². The average molecular weight is 260 g/mol. The van der Waals surface area contributed by atoms with Crippen LogP contribution in [0.15, 0.2) is 30.3 Å². The van der Waals surface area contributed by atoms with Gasteiger partial charge in [-0.1, -0.05) is 44.2 Å². The lowest BCUT2D eigenvalue weighted by Gasteiger charge is -2.38. The third-order valence-corrected chi connectivity index (χ3v) is 3.57. The molecule has 1 aromatic rings. The number of benzene rings is 1. The van der Waals surface area contributed by atoms with Crippen molar-refractivity contribution in [3.05, 3.63) is 35.9 Å². The molecule has 1 aliphatic rings. The van der Waals surface area contributed by atoms with E-state index in [1.807, 2.05) is 44.2 Å². The summed E-state index contributed by atoms with van der Waals surface area (Å²) in [4.78, 5) is 26.1. The second-order valence-electron chi connectivity index (χ2n) is 4.85. The predicted octanol–water partition coefficient (Wildman–Crippen LogP) is 1.70. The molecule has 0 bridgehead atoms. The van der Waals surface area contributed by atoms with E-state index in [4.69, 9.17) is 0 Å². The van der Waals surface area contributed by atoms with Gasteiger partial charge in [0, 0.05) is 6.54 Å². The number of amides is 2. The highest BCUT2D eigenvalue weighted by Gasteiger charge is 2.38. The molecule has 4 nitrogen and oxygen atoms in total. The van der Waals surface area contributed by atoms with Gasteiger partial charge in [0.2, 0.25) is 11.8 Å². The van der Waals surface area contributed by atoms with Gasteiger partial charge in [0.15, 0.2) is 0 Å². The summed E-state index contributed by atoms with van der Waals surface area (Å²) in [7, 11) is 0. The first kappa shape index (κ1) is 13.6. The van der Waals surface area contributed by atoms with E-state index in [1.165, 1.54) is 0 Å². The van der Waals surface area contributed by atoms with E-state index >= 15 is 0 Å². The lowest BCUT2D eigenvalue weighted by atomic mass is 10.0. The number of carbonyl (C=O) groups is 2. The molecule has 2 atom stereocenters. The van der Waals surface area contributed by atoms with Gasteiger partial charge >= 0.3 is 0 Å². The van der Waals surface area contributed by atoms with Crippen molar-refractivity contribution in [1.29, 1.82) is 0 Å². The maximum Gasteiger partial charge on any atom is 0.246 e. The van der Waals surface area contributed by atoms with Crippen LogP contribution in [0.4, 0.5) is 0 Å². The molecule has 0 saturated carbocycles. The normalized spacial score (nSPS) is 23.4. The highest BCUT2D eigenvalue weighted by atomic mass is 16.2.